The molecule has 1 aliphatic rings. The Kier molecular flexibility index (Phi) is 2.39. The van der Waals surface area contributed by atoms with Gasteiger partial charge in [0.1, 0.15) is 8.07 Å². The summed E-state index contributed by atoms with van der Waals surface area (Å²) in [6.45, 7) is 6.46. The second-order valence-corrected chi connectivity index (χ2v) is 9.28. The van der Waals surface area contributed by atoms with Gasteiger partial charge >= 0.3 is 7.12 Å². The number of rotatable bonds is 1. The first kappa shape index (κ1) is 9.85. The highest BCUT2D eigenvalue weighted by atomic mass is 28.3. The lowest BCUT2D eigenvalue weighted by atomic mass is 9.70. The fourth-order valence-corrected chi connectivity index (χ4v) is 1.52. The van der Waals surface area contributed by atoms with Crippen LogP contribution in [0, 0.1) is 11.5 Å². The largest absolute Gasteiger partial charge is 0.470 e. The van der Waals surface area contributed by atoms with Crippen molar-refractivity contribution >= 4 is 15.2 Å². The molecule has 0 aliphatic heterocycles. The Morgan fingerprint density at radius 3 is 2.00 bits per heavy atom. The molecule has 2 N–H and O–H groups in total. The quantitative estimate of drug-likeness (QED) is 0.466. The fraction of sp³-hybridized carbons (Fsp3) is 0.750. The molecule has 0 atom stereocenters. The maximum atomic E-state index is 9.01. The smallest absolute Gasteiger partial charge is 0.426 e. The van der Waals surface area contributed by atoms with E-state index in [9.17, 15) is 0 Å². The maximum absolute atomic E-state index is 9.01. The van der Waals surface area contributed by atoms with Crippen LogP contribution in [0.15, 0.2) is 0 Å². The lowest BCUT2D eigenvalue weighted by molar-refractivity contribution is 0.393. The Morgan fingerprint density at radius 1 is 1.25 bits per heavy atom. The molecule has 0 heterocycles. The highest BCUT2D eigenvalue weighted by Crippen LogP contribution is 2.54. The maximum Gasteiger partial charge on any atom is 0.470 e. The van der Waals surface area contributed by atoms with Crippen LogP contribution in [0.3, 0.4) is 0 Å². The first-order valence-electron chi connectivity index (χ1n) is 4.26. The first-order valence-corrected chi connectivity index (χ1v) is 7.76. The molecule has 12 heavy (non-hydrogen) atoms. The van der Waals surface area contributed by atoms with Crippen molar-refractivity contribution in [3.05, 3.63) is 0 Å². The second kappa shape index (κ2) is 2.91. The SMILES string of the molecule is C[Si](C)(C)C#CC1(B(O)O)CC1. The van der Waals surface area contributed by atoms with E-state index < -0.39 is 20.5 Å². The van der Waals surface area contributed by atoms with Gasteiger partial charge < -0.3 is 10.0 Å². The average Bonchev–Trinajstić information content (AvgIpc) is 2.61. The molecule has 1 fully saturated rings. The minimum atomic E-state index is -1.36. The van der Waals surface area contributed by atoms with Gasteiger partial charge in [0.15, 0.2) is 0 Å². The Balaban J connectivity index is 2.66. The van der Waals surface area contributed by atoms with Gasteiger partial charge in [0.05, 0.1) is 5.31 Å². The zero-order chi connectivity index (χ0) is 9.41. The zero-order valence-electron chi connectivity index (χ0n) is 7.89. The predicted octanol–water partition coefficient (Wildman–Crippen LogP) is 0.874. The van der Waals surface area contributed by atoms with Gasteiger partial charge in [0.25, 0.3) is 0 Å². The van der Waals surface area contributed by atoms with E-state index in [0.29, 0.717) is 0 Å². The van der Waals surface area contributed by atoms with Crippen molar-refractivity contribution in [2.24, 2.45) is 0 Å². The minimum absolute atomic E-state index is 0.458. The standard InChI is InChI=1S/C8H15BO2Si/c1-12(2,3)7-6-8(4-5-8)9(10)11/h10-11H,4-5H2,1-3H3. The summed E-state index contributed by atoms with van der Waals surface area (Å²) in [6.07, 6.45) is 1.67. The number of hydrogen-bond donors (Lipinski definition) is 2. The summed E-state index contributed by atoms with van der Waals surface area (Å²) in [7, 11) is -2.60. The van der Waals surface area contributed by atoms with E-state index in [-0.39, 0.29) is 0 Å². The van der Waals surface area contributed by atoms with Crippen LogP contribution in [-0.2, 0) is 0 Å². The molecular weight excluding hydrogens is 167 g/mol. The van der Waals surface area contributed by atoms with Crippen molar-refractivity contribution in [2.75, 3.05) is 0 Å². The van der Waals surface area contributed by atoms with Gasteiger partial charge in [-0.05, 0) is 12.8 Å². The Hall–Kier alpha value is -0.238. The Morgan fingerprint density at radius 2 is 1.75 bits per heavy atom. The normalized spacial score (nSPS) is 19.4. The van der Waals surface area contributed by atoms with Gasteiger partial charge in [-0.2, -0.15) is 0 Å². The van der Waals surface area contributed by atoms with Crippen molar-refractivity contribution in [1.82, 2.24) is 0 Å². The summed E-state index contributed by atoms with van der Waals surface area (Å²) in [5.41, 5.74) is 3.17. The lowest BCUT2D eigenvalue weighted by Crippen LogP contribution is -2.22. The van der Waals surface area contributed by atoms with Crippen LogP contribution in [-0.4, -0.2) is 25.2 Å². The van der Waals surface area contributed by atoms with Gasteiger partial charge in [-0.15, -0.1) is 11.5 Å². The molecule has 0 radical (unpaired) electrons. The van der Waals surface area contributed by atoms with E-state index in [2.05, 4.69) is 31.1 Å². The Bertz CT molecular complexity index is 230. The molecule has 0 aromatic heterocycles. The van der Waals surface area contributed by atoms with Gasteiger partial charge in [-0.25, -0.2) is 0 Å². The summed E-state index contributed by atoms with van der Waals surface area (Å²) < 4.78 is 0. The molecule has 0 aromatic rings. The molecule has 1 saturated carbocycles. The molecular formula is C8H15BO2Si. The molecule has 0 spiro atoms. The van der Waals surface area contributed by atoms with Crippen molar-refractivity contribution in [3.8, 4) is 11.5 Å². The van der Waals surface area contributed by atoms with Crippen LogP contribution in [0.25, 0.3) is 0 Å². The Labute approximate surface area is 75.1 Å². The van der Waals surface area contributed by atoms with E-state index in [4.69, 9.17) is 10.0 Å². The van der Waals surface area contributed by atoms with Crippen molar-refractivity contribution in [1.29, 1.82) is 0 Å². The first-order chi connectivity index (χ1) is 5.36. The van der Waals surface area contributed by atoms with Crippen LogP contribution < -0.4 is 0 Å². The van der Waals surface area contributed by atoms with Gasteiger partial charge in [0.2, 0.25) is 0 Å². The molecule has 0 unspecified atom stereocenters. The summed E-state index contributed by atoms with van der Waals surface area (Å²) in [5.74, 6) is 3.02. The number of hydrogen-bond acceptors (Lipinski definition) is 2. The van der Waals surface area contributed by atoms with Crippen molar-refractivity contribution in [2.45, 2.75) is 37.8 Å². The molecule has 0 aromatic carbocycles. The van der Waals surface area contributed by atoms with Crippen LogP contribution >= 0.6 is 0 Å². The second-order valence-electron chi connectivity index (χ2n) is 4.53. The van der Waals surface area contributed by atoms with Crippen molar-refractivity contribution in [3.63, 3.8) is 0 Å². The minimum Gasteiger partial charge on any atom is -0.426 e. The summed E-state index contributed by atoms with van der Waals surface area (Å²) >= 11 is 0. The van der Waals surface area contributed by atoms with E-state index in [1.54, 1.807) is 0 Å². The lowest BCUT2D eigenvalue weighted by Gasteiger charge is -2.07. The van der Waals surface area contributed by atoms with Gasteiger partial charge in [-0.3, -0.25) is 0 Å². The van der Waals surface area contributed by atoms with Crippen molar-refractivity contribution < 1.29 is 10.0 Å². The highest BCUT2D eigenvalue weighted by Gasteiger charge is 2.51. The third-order valence-electron chi connectivity index (χ3n) is 1.97. The molecule has 0 amide bonds. The van der Waals surface area contributed by atoms with Crippen LogP contribution in [0.5, 0.6) is 0 Å². The fourth-order valence-electron chi connectivity index (χ4n) is 0.894. The molecule has 2 nitrogen and oxygen atoms in total. The van der Waals surface area contributed by atoms with E-state index >= 15 is 0 Å². The summed E-state index contributed by atoms with van der Waals surface area (Å²) in [6, 6.07) is 0. The highest BCUT2D eigenvalue weighted by molar-refractivity contribution is 6.84. The van der Waals surface area contributed by atoms with Gasteiger partial charge in [-0.1, -0.05) is 19.6 Å². The topological polar surface area (TPSA) is 40.5 Å². The monoisotopic (exact) mass is 182 g/mol. The molecule has 4 heteroatoms. The zero-order valence-corrected chi connectivity index (χ0v) is 8.89. The van der Waals surface area contributed by atoms with E-state index in [1.807, 2.05) is 0 Å². The van der Waals surface area contributed by atoms with Crippen LogP contribution in [0.4, 0.5) is 0 Å². The predicted molar refractivity (Wildman–Crippen MR) is 53.2 cm³/mol. The molecule has 0 bridgehead atoms. The average molecular weight is 182 g/mol. The third-order valence-corrected chi connectivity index (χ3v) is 2.84. The molecule has 1 rings (SSSR count). The van der Waals surface area contributed by atoms with Crippen LogP contribution in [0.1, 0.15) is 12.8 Å². The summed E-state index contributed by atoms with van der Waals surface area (Å²) in [4.78, 5) is 0. The third kappa shape index (κ3) is 2.38. The van der Waals surface area contributed by atoms with E-state index in [1.165, 1.54) is 0 Å². The van der Waals surface area contributed by atoms with Crippen LogP contribution in [0.2, 0.25) is 25.0 Å². The molecule has 1 aliphatic carbocycles. The summed E-state index contributed by atoms with van der Waals surface area (Å²) in [5, 5.41) is 17.6. The van der Waals surface area contributed by atoms with Gasteiger partial charge in [0, 0.05) is 0 Å². The molecule has 0 saturated heterocycles. The molecule has 66 valence electrons. The van der Waals surface area contributed by atoms with E-state index in [0.717, 1.165) is 12.8 Å².